The predicted octanol–water partition coefficient (Wildman–Crippen LogP) is 8.34. The standard InChI is InChI=1S/C36H65N2O6P/c1-6-8-10-12-14-16-18-19-20-22-24-26-28-30-36(40)37-34(33-44-45(41,42)43-32-31-38(3,4)5)35(39)29-27-25-23-21-17-15-13-11-9-7-2/h9,11,17,19-21,24,26-27,29,34-35,39H,6-8,10,12-16,18,22-23,25,28,30-33H2,1-5H3,(H-,37,40,41,42)/p+1/b11-9+,20-19-,21-17+,26-24-,29-27+. The van der Waals surface area contributed by atoms with Crippen LogP contribution in [0, 0.1) is 0 Å². The molecule has 0 saturated heterocycles. The van der Waals surface area contributed by atoms with E-state index in [4.69, 9.17) is 9.05 Å². The highest BCUT2D eigenvalue weighted by Gasteiger charge is 2.27. The number of aliphatic hydroxyl groups is 1. The summed E-state index contributed by atoms with van der Waals surface area (Å²) in [4.78, 5) is 22.8. The molecule has 3 N–H and O–H groups in total. The summed E-state index contributed by atoms with van der Waals surface area (Å²) >= 11 is 0. The summed E-state index contributed by atoms with van der Waals surface area (Å²) in [5.74, 6) is -0.266. The Bertz CT molecular complexity index is 923. The van der Waals surface area contributed by atoms with Gasteiger partial charge in [-0.15, -0.1) is 0 Å². The number of quaternary nitrogens is 1. The fourth-order valence-electron chi connectivity index (χ4n) is 4.18. The zero-order valence-electron chi connectivity index (χ0n) is 29.1. The summed E-state index contributed by atoms with van der Waals surface area (Å²) in [5.41, 5.74) is 0. The minimum atomic E-state index is -4.35. The first kappa shape index (κ1) is 43.2. The van der Waals surface area contributed by atoms with Crippen molar-refractivity contribution in [2.45, 2.75) is 122 Å². The third kappa shape index (κ3) is 30.6. The molecule has 0 aliphatic rings. The van der Waals surface area contributed by atoms with Crippen molar-refractivity contribution in [2.24, 2.45) is 0 Å². The zero-order valence-corrected chi connectivity index (χ0v) is 30.0. The molecule has 0 heterocycles. The Kier molecular flexibility index (Phi) is 27.3. The van der Waals surface area contributed by atoms with E-state index in [1.54, 1.807) is 6.08 Å². The molecule has 0 aromatic carbocycles. The lowest BCUT2D eigenvalue weighted by atomic mass is 10.1. The van der Waals surface area contributed by atoms with Crippen LogP contribution in [0.25, 0.3) is 0 Å². The number of allylic oxidation sites excluding steroid dienone is 9. The van der Waals surface area contributed by atoms with Gasteiger partial charge in [-0.25, -0.2) is 4.57 Å². The molecule has 3 atom stereocenters. The minimum absolute atomic E-state index is 0.0414. The first-order valence-corrected chi connectivity index (χ1v) is 18.7. The number of amides is 1. The molecule has 0 aromatic heterocycles. The van der Waals surface area contributed by atoms with E-state index in [2.05, 4.69) is 61.7 Å². The number of hydrogen-bond acceptors (Lipinski definition) is 5. The number of rotatable bonds is 29. The summed E-state index contributed by atoms with van der Waals surface area (Å²) in [6.07, 6.45) is 34.6. The number of carbonyl (C=O) groups excluding carboxylic acids is 1. The fraction of sp³-hybridized carbons (Fsp3) is 0.694. The Hall–Kier alpha value is -1.80. The third-order valence-corrected chi connectivity index (χ3v) is 7.95. The number of phosphoric ester groups is 1. The largest absolute Gasteiger partial charge is 0.472 e. The van der Waals surface area contributed by atoms with Crippen LogP contribution in [0.5, 0.6) is 0 Å². The van der Waals surface area contributed by atoms with Crippen LogP contribution in [0.2, 0.25) is 0 Å². The SMILES string of the molecule is CC/C=C/CC/C=C/CC/C=C/C(O)C(COP(=O)(O)OCC[N+](C)(C)C)NC(=O)CC/C=C\C/C=C\CCCCCCCC. The molecule has 0 aliphatic carbocycles. The van der Waals surface area contributed by atoms with Crippen molar-refractivity contribution in [2.75, 3.05) is 40.9 Å². The van der Waals surface area contributed by atoms with Crippen molar-refractivity contribution in [1.82, 2.24) is 5.32 Å². The van der Waals surface area contributed by atoms with Crippen molar-refractivity contribution < 1.29 is 32.9 Å². The normalized spacial score (nSPS) is 15.6. The van der Waals surface area contributed by atoms with E-state index in [9.17, 15) is 19.4 Å². The highest BCUT2D eigenvalue weighted by molar-refractivity contribution is 7.47. The number of likely N-dealkylation sites (N-methyl/N-ethyl adjacent to an activating group) is 1. The van der Waals surface area contributed by atoms with E-state index in [1.807, 2.05) is 33.3 Å². The number of unbranched alkanes of at least 4 members (excludes halogenated alkanes) is 8. The second kappa shape index (κ2) is 28.4. The van der Waals surface area contributed by atoms with Crippen LogP contribution >= 0.6 is 7.82 Å². The van der Waals surface area contributed by atoms with Crippen LogP contribution in [0.15, 0.2) is 60.8 Å². The molecule has 0 rings (SSSR count). The zero-order chi connectivity index (χ0) is 33.7. The van der Waals surface area contributed by atoms with Gasteiger partial charge < -0.3 is 19.8 Å². The molecular formula is C36H66N2O6P+. The molecule has 0 fully saturated rings. The number of hydrogen-bond donors (Lipinski definition) is 3. The average molecular weight is 654 g/mol. The molecule has 9 heteroatoms. The maximum absolute atomic E-state index is 12.7. The first-order chi connectivity index (χ1) is 21.5. The number of nitrogens with one attached hydrogen (secondary N) is 1. The lowest BCUT2D eigenvalue weighted by molar-refractivity contribution is -0.870. The Morgan fingerprint density at radius 3 is 2.00 bits per heavy atom. The van der Waals surface area contributed by atoms with E-state index in [0.717, 1.165) is 44.9 Å². The van der Waals surface area contributed by atoms with Crippen molar-refractivity contribution in [3.8, 4) is 0 Å². The van der Waals surface area contributed by atoms with Gasteiger partial charge in [-0.1, -0.05) is 107 Å². The molecule has 8 nitrogen and oxygen atoms in total. The molecule has 1 amide bonds. The van der Waals surface area contributed by atoms with Crippen molar-refractivity contribution in [3.05, 3.63) is 60.8 Å². The third-order valence-electron chi connectivity index (χ3n) is 6.96. The van der Waals surface area contributed by atoms with E-state index < -0.39 is 20.0 Å². The molecule has 0 radical (unpaired) electrons. The summed E-state index contributed by atoms with van der Waals surface area (Å²) < 4.78 is 23.3. The van der Waals surface area contributed by atoms with Gasteiger partial charge in [0.25, 0.3) is 0 Å². The van der Waals surface area contributed by atoms with Crippen molar-refractivity contribution in [1.29, 1.82) is 0 Å². The van der Waals surface area contributed by atoms with Crippen LogP contribution in [-0.2, 0) is 18.4 Å². The van der Waals surface area contributed by atoms with Crippen molar-refractivity contribution in [3.63, 3.8) is 0 Å². The van der Waals surface area contributed by atoms with Crippen LogP contribution < -0.4 is 5.32 Å². The molecule has 3 unspecified atom stereocenters. The Labute approximate surface area is 275 Å². The second-order valence-corrected chi connectivity index (χ2v) is 13.9. The summed E-state index contributed by atoms with van der Waals surface area (Å²) in [7, 11) is 1.50. The predicted molar refractivity (Wildman–Crippen MR) is 189 cm³/mol. The molecule has 0 spiro atoms. The molecule has 0 aliphatic heterocycles. The summed E-state index contributed by atoms with van der Waals surface area (Å²) in [5, 5.41) is 13.6. The Balaban J connectivity index is 4.77. The van der Waals surface area contributed by atoms with Gasteiger partial charge in [-0.3, -0.25) is 13.8 Å². The maximum atomic E-state index is 12.7. The molecule has 260 valence electrons. The van der Waals surface area contributed by atoms with Gasteiger partial charge in [0.15, 0.2) is 0 Å². The average Bonchev–Trinajstić information content (AvgIpc) is 2.97. The second-order valence-electron chi connectivity index (χ2n) is 12.5. The van der Waals surface area contributed by atoms with Crippen LogP contribution in [-0.4, -0.2) is 73.4 Å². The molecule has 0 saturated carbocycles. The van der Waals surface area contributed by atoms with Gasteiger partial charge >= 0.3 is 7.82 Å². The maximum Gasteiger partial charge on any atom is 0.472 e. The highest BCUT2D eigenvalue weighted by Crippen LogP contribution is 2.43. The molecule has 45 heavy (non-hydrogen) atoms. The monoisotopic (exact) mass is 653 g/mol. The van der Waals surface area contributed by atoms with Gasteiger partial charge in [0.2, 0.25) is 5.91 Å². The number of phosphoric acid groups is 1. The number of aliphatic hydroxyl groups excluding tert-OH is 1. The van der Waals surface area contributed by atoms with Gasteiger partial charge in [-0.2, -0.15) is 0 Å². The van der Waals surface area contributed by atoms with Gasteiger partial charge in [0.1, 0.15) is 13.2 Å². The van der Waals surface area contributed by atoms with Gasteiger partial charge in [0, 0.05) is 6.42 Å². The van der Waals surface area contributed by atoms with E-state index in [-0.39, 0.29) is 25.5 Å². The molecular weight excluding hydrogens is 587 g/mol. The van der Waals surface area contributed by atoms with Crippen molar-refractivity contribution >= 4 is 13.7 Å². The van der Waals surface area contributed by atoms with Gasteiger partial charge in [-0.05, 0) is 57.8 Å². The quantitative estimate of drug-likeness (QED) is 0.0324. The lowest BCUT2D eigenvalue weighted by Gasteiger charge is -2.25. The first-order valence-electron chi connectivity index (χ1n) is 17.2. The molecule has 0 bridgehead atoms. The fourth-order valence-corrected chi connectivity index (χ4v) is 4.92. The van der Waals surface area contributed by atoms with Crippen LogP contribution in [0.4, 0.5) is 0 Å². The lowest BCUT2D eigenvalue weighted by Crippen LogP contribution is -2.45. The molecule has 0 aromatic rings. The van der Waals surface area contributed by atoms with Gasteiger partial charge in [0.05, 0.1) is 39.9 Å². The van der Waals surface area contributed by atoms with Crippen LogP contribution in [0.1, 0.15) is 110 Å². The number of nitrogens with zero attached hydrogens (tertiary/aromatic N) is 1. The Morgan fingerprint density at radius 2 is 1.36 bits per heavy atom. The summed E-state index contributed by atoms with van der Waals surface area (Å²) in [6, 6.07) is -0.897. The minimum Gasteiger partial charge on any atom is -0.387 e. The topological polar surface area (TPSA) is 105 Å². The smallest absolute Gasteiger partial charge is 0.387 e. The summed E-state index contributed by atoms with van der Waals surface area (Å²) in [6.45, 7) is 4.55. The van der Waals surface area contributed by atoms with E-state index >= 15 is 0 Å². The van der Waals surface area contributed by atoms with E-state index in [0.29, 0.717) is 17.4 Å². The highest BCUT2D eigenvalue weighted by atomic mass is 31.2. The van der Waals surface area contributed by atoms with E-state index in [1.165, 1.54) is 38.5 Å². The van der Waals surface area contributed by atoms with Crippen LogP contribution in [0.3, 0.4) is 0 Å². The number of carbonyl (C=O) groups is 1. The Morgan fingerprint density at radius 1 is 0.778 bits per heavy atom.